The largest absolute Gasteiger partial charge is 0.380 e. The molecule has 2 aromatic rings. The van der Waals surface area contributed by atoms with E-state index in [2.05, 4.69) is 41.5 Å². The summed E-state index contributed by atoms with van der Waals surface area (Å²) in [6, 6.07) is 4.48. The Hall–Kier alpha value is -1.77. The summed E-state index contributed by atoms with van der Waals surface area (Å²) in [5.74, 6) is 0. The molecule has 3 rings (SSSR count). The molecular weight excluding hydrogens is 198 g/mol. The normalized spacial score (nSPS) is 13.6. The van der Waals surface area contributed by atoms with Crippen LogP contribution in [-0.4, -0.2) is 10.2 Å². The summed E-state index contributed by atoms with van der Waals surface area (Å²) in [4.78, 5) is 0. The van der Waals surface area contributed by atoms with Crippen LogP contribution in [0.1, 0.15) is 27.9 Å². The summed E-state index contributed by atoms with van der Waals surface area (Å²) in [7, 11) is 0. The second-order valence-electron chi connectivity index (χ2n) is 4.52. The van der Waals surface area contributed by atoms with Gasteiger partial charge in [-0.25, -0.2) is 0 Å². The molecule has 0 aliphatic carbocycles. The van der Waals surface area contributed by atoms with Crippen LogP contribution in [0, 0.1) is 13.8 Å². The smallest absolute Gasteiger partial charge is 0.0540 e. The number of nitrogens with one attached hydrogen (secondary N) is 2. The number of aromatic amines is 1. The zero-order chi connectivity index (χ0) is 11.1. The second-order valence-corrected chi connectivity index (χ2v) is 4.52. The number of aryl methyl sites for hydroxylation is 2. The van der Waals surface area contributed by atoms with Crippen LogP contribution >= 0.6 is 0 Å². The Kier molecular flexibility index (Phi) is 1.99. The van der Waals surface area contributed by atoms with Gasteiger partial charge in [0.1, 0.15) is 0 Å². The van der Waals surface area contributed by atoms with Gasteiger partial charge in [0.25, 0.3) is 0 Å². The summed E-state index contributed by atoms with van der Waals surface area (Å²) in [5, 5.41) is 10.7. The molecule has 82 valence electrons. The lowest BCUT2D eigenvalue weighted by Gasteiger charge is -2.12. The van der Waals surface area contributed by atoms with Gasteiger partial charge in [-0.3, -0.25) is 5.10 Å². The molecule has 2 heterocycles. The number of fused-ring (bicyclic) bond motifs is 2. The average molecular weight is 213 g/mol. The third-order valence-electron chi connectivity index (χ3n) is 3.19. The topological polar surface area (TPSA) is 40.7 Å². The minimum absolute atomic E-state index is 0.864. The molecule has 1 aliphatic rings. The van der Waals surface area contributed by atoms with Gasteiger partial charge in [0, 0.05) is 29.9 Å². The standard InChI is InChI=1S/C13H15N3/c1-8-3-9(2)13-10(4-8)5-12-11(6-14-13)7-15-16-12/h3-4,7,14H,5-6H2,1-2H3,(H,15,16). The van der Waals surface area contributed by atoms with E-state index in [1.54, 1.807) is 0 Å². The number of nitrogens with zero attached hydrogens (tertiary/aromatic N) is 1. The SMILES string of the molecule is Cc1cc(C)c2c(c1)Cc1[nH]ncc1CN2. The quantitative estimate of drug-likeness (QED) is 0.706. The first-order valence-corrected chi connectivity index (χ1v) is 5.59. The predicted molar refractivity (Wildman–Crippen MR) is 64.6 cm³/mol. The minimum atomic E-state index is 0.864. The molecule has 16 heavy (non-hydrogen) atoms. The van der Waals surface area contributed by atoms with Crippen molar-refractivity contribution < 1.29 is 0 Å². The van der Waals surface area contributed by atoms with Gasteiger partial charge in [-0.1, -0.05) is 17.7 Å². The number of hydrogen-bond donors (Lipinski definition) is 2. The average Bonchev–Trinajstić information content (AvgIpc) is 2.57. The molecule has 0 unspecified atom stereocenters. The molecule has 3 heteroatoms. The fourth-order valence-electron chi connectivity index (χ4n) is 2.47. The minimum Gasteiger partial charge on any atom is -0.380 e. The third-order valence-corrected chi connectivity index (χ3v) is 3.19. The number of benzene rings is 1. The van der Waals surface area contributed by atoms with Gasteiger partial charge < -0.3 is 5.32 Å². The Morgan fingerprint density at radius 3 is 2.94 bits per heavy atom. The molecule has 0 atom stereocenters. The summed E-state index contributed by atoms with van der Waals surface area (Å²) >= 11 is 0. The molecule has 0 bridgehead atoms. The predicted octanol–water partition coefficient (Wildman–Crippen LogP) is 2.54. The van der Waals surface area contributed by atoms with Crippen molar-refractivity contribution in [1.82, 2.24) is 10.2 Å². The van der Waals surface area contributed by atoms with Crippen LogP contribution in [0.15, 0.2) is 18.3 Å². The first-order chi connectivity index (χ1) is 7.74. The van der Waals surface area contributed by atoms with Gasteiger partial charge in [0.05, 0.1) is 6.20 Å². The molecule has 0 fully saturated rings. The van der Waals surface area contributed by atoms with Gasteiger partial charge in [-0.05, 0) is 25.0 Å². The maximum atomic E-state index is 4.10. The van der Waals surface area contributed by atoms with Crippen molar-refractivity contribution in [2.45, 2.75) is 26.8 Å². The van der Waals surface area contributed by atoms with E-state index >= 15 is 0 Å². The molecular formula is C13H15N3. The van der Waals surface area contributed by atoms with Crippen LogP contribution in [0.3, 0.4) is 0 Å². The molecule has 0 amide bonds. The van der Waals surface area contributed by atoms with Crippen molar-refractivity contribution in [3.8, 4) is 0 Å². The van der Waals surface area contributed by atoms with Crippen molar-refractivity contribution in [3.05, 3.63) is 46.3 Å². The summed E-state index contributed by atoms with van der Waals surface area (Å²) < 4.78 is 0. The monoisotopic (exact) mass is 213 g/mol. The summed E-state index contributed by atoms with van der Waals surface area (Å²) in [5.41, 5.74) is 7.80. The first kappa shape index (κ1) is 9.46. The van der Waals surface area contributed by atoms with Crippen LogP contribution in [-0.2, 0) is 13.0 Å². The number of H-pyrrole nitrogens is 1. The Labute approximate surface area is 94.9 Å². The van der Waals surface area contributed by atoms with E-state index in [0.29, 0.717) is 0 Å². The molecule has 0 saturated carbocycles. The van der Waals surface area contributed by atoms with Crippen molar-refractivity contribution in [2.24, 2.45) is 0 Å². The first-order valence-electron chi connectivity index (χ1n) is 5.59. The van der Waals surface area contributed by atoms with E-state index in [1.807, 2.05) is 6.20 Å². The van der Waals surface area contributed by atoms with Crippen LogP contribution in [0.25, 0.3) is 0 Å². The fraction of sp³-hybridized carbons (Fsp3) is 0.308. The highest BCUT2D eigenvalue weighted by Crippen LogP contribution is 2.28. The number of aromatic nitrogens is 2. The van der Waals surface area contributed by atoms with Gasteiger partial charge in [0.2, 0.25) is 0 Å². The highest BCUT2D eigenvalue weighted by Gasteiger charge is 2.15. The van der Waals surface area contributed by atoms with Crippen LogP contribution in [0.5, 0.6) is 0 Å². The molecule has 1 aliphatic heterocycles. The van der Waals surface area contributed by atoms with E-state index in [0.717, 1.165) is 13.0 Å². The zero-order valence-corrected chi connectivity index (χ0v) is 9.59. The molecule has 1 aromatic carbocycles. The van der Waals surface area contributed by atoms with Gasteiger partial charge in [-0.2, -0.15) is 5.10 Å². The summed E-state index contributed by atoms with van der Waals surface area (Å²) in [6.07, 6.45) is 2.86. The Morgan fingerprint density at radius 2 is 2.06 bits per heavy atom. The van der Waals surface area contributed by atoms with E-state index in [4.69, 9.17) is 0 Å². The van der Waals surface area contributed by atoms with Crippen LogP contribution in [0.2, 0.25) is 0 Å². The lowest BCUT2D eigenvalue weighted by atomic mass is 10.0. The highest BCUT2D eigenvalue weighted by atomic mass is 15.1. The van der Waals surface area contributed by atoms with Crippen molar-refractivity contribution in [2.75, 3.05) is 5.32 Å². The molecule has 0 spiro atoms. The third kappa shape index (κ3) is 1.40. The lowest BCUT2D eigenvalue weighted by Crippen LogP contribution is -2.00. The van der Waals surface area contributed by atoms with Gasteiger partial charge in [0.15, 0.2) is 0 Å². The summed E-state index contributed by atoms with van der Waals surface area (Å²) in [6.45, 7) is 5.17. The Bertz CT molecular complexity index is 540. The van der Waals surface area contributed by atoms with Crippen molar-refractivity contribution >= 4 is 5.69 Å². The molecule has 0 radical (unpaired) electrons. The van der Waals surface area contributed by atoms with Crippen LogP contribution < -0.4 is 5.32 Å². The van der Waals surface area contributed by atoms with E-state index in [-0.39, 0.29) is 0 Å². The second kappa shape index (κ2) is 3.37. The Balaban J connectivity index is 2.14. The number of rotatable bonds is 0. The fourth-order valence-corrected chi connectivity index (χ4v) is 2.47. The van der Waals surface area contributed by atoms with E-state index in [1.165, 1.54) is 33.6 Å². The van der Waals surface area contributed by atoms with Crippen molar-refractivity contribution in [3.63, 3.8) is 0 Å². The highest BCUT2D eigenvalue weighted by molar-refractivity contribution is 5.61. The molecule has 2 N–H and O–H groups in total. The lowest BCUT2D eigenvalue weighted by molar-refractivity contribution is 0.994. The maximum Gasteiger partial charge on any atom is 0.0540 e. The number of hydrogen-bond acceptors (Lipinski definition) is 2. The van der Waals surface area contributed by atoms with Gasteiger partial charge >= 0.3 is 0 Å². The molecule has 3 nitrogen and oxygen atoms in total. The Morgan fingerprint density at radius 1 is 1.19 bits per heavy atom. The molecule has 0 saturated heterocycles. The van der Waals surface area contributed by atoms with Crippen LogP contribution in [0.4, 0.5) is 5.69 Å². The maximum absolute atomic E-state index is 4.10. The van der Waals surface area contributed by atoms with E-state index in [9.17, 15) is 0 Å². The zero-order valence-electron chi connectivity index (χ0n) is 9.59. The number of anilines is 1. The molecule has 1 aromatic heterocycles. The van der Waals surface area contributed by atoms with Gasteiger partial charge in [-0.15, -0.1) is 0 Å². The van der Waals surface area contributed by atoms with Crippen molar-refractivity contribution in [1.29, 1.82) is 0 Å². The van der Waals surface area contributed by atoms with E-state index < -0.39 is 0 Å².